The van der Waals surface area contributed by atoms with Gasteiger partial charge in [0.15, 0.2) is 0 Å². The number of nitrogens with zero attached hydrogens (tertiary/aromatic N) is 3. The highest BCUT2D eigenvalue weighted by Gasteiger charge is 2.34. The summed E-state index contributed by atoms with van der Waals surface area (Å²) in [6, 6.07) is 20.6. The van der Waals surface area contributed by atoms with E-state index < -0.39 is 6.10 Å². The van der Waals surface area contributed by atoms with Gasteiger partial charge in [0, 0.05) is 57.9 Å². The quantitative estimate of drug-likeness (QED) is 0.731. The number of aliphatic hydroxyl groups is 1. The molecule has 0 spiro atoms. The monoisotopic (exact) mass is 419 g/mol. The Morgan fingerprint density at radius 1 is 0.935 bits per heavy atom. The molecule has 2 aliphatic heterocycles. The Morgan fingerprint density at radius 3 is 2.29 bits per heavy atom. The molecule has 2 fully saturated rings. The lowest BCUT2D eigenvalue weighted by atomic mass is 9.99. The maximum atomic E-state index is 12.5. The number of carbonyl (C=O) groups excluding carboxylic acids is 1. The fourth-order valence-electron chi connectivity index (χ4n) is 4.63. The molecule has 2 atom stereocenters. The van der Waals surface area contributed by atoms with Crippen LogP contribution in [0.2, 0.25) is 0 Å². The lowest BCUT2D eigenvalue weighted by Crippen LogP contribution is -2.59. The third-order valence-electron chi connectivity index (χ3n) is 6.51. The number of piperazine rings is 1. The zero-order valence-corrected chi connectivity index (χ0v) is 18.1. The Morgan fingerprint density at radius 2 is 1.61 bits per heavy atom. The predicted octanol–water partition coefficient (Wildman–Crippen LogP) is 2.52. The first-order valence-electron chi connectivity index (χ1n) is 11.4. The molecule has 2 aromatic rings. The predicted molar refractivity (Wildman–Crippen MR) is 125 cm³/mol. The number of hydrogen-bond acceptors (Lipinski definition) is 4. The average Bonchev–Trinajstić information content (AvgIpc) is 2.83. The van der Waals surface area contributed by atoms with Crippen LogP contribution >= 0.6 is 0 Å². The second-order valence-corrected chi connectivity index (χ2v) is 8.56. The highest BCUT2D eigenvalue weighted by molar-refractivity contribution is 5.91. The standard InChI is InChI=1S/C26H33N3O2/c30-25-21-29(26(31)12-11-22-7-3-1-4-8-22)16-14-24(25)28-19-17-27(18-20-28)15-13-23-9-5-2-6-10-23/h1-12,24-25,30H,13-21H2/b12-11+/t24-,25-/m1/s1. The molecule has 0 radical (unpaired) electrons. The van der Waals surface area contributed by atoms with Crippen LogP contribution in [0.3, 0.4) is 0 Å². The zero-order chi connectivity index (χ0) is 21.5. The van der Waals surface area contributed by atoms with Gasteiger partial charge >= 0.3 is 0 Å². The van der Waals surface area contributed by atoms with Gasteiger partial charge in [-0.1, -0.05) is 60.7 Å². The van der Waals surface area contributed by atoms with Gasteiger partial charge in [-0.15, -0.1) is 0 Å². The summed E-state index contributed by atoms with van der Waals surface area (Å²) < 4.78 is 0. The van der Waals surface area contributed by atoms with E-state index in [1.807, 2.05) is 36.4 Å². The van der Waals surface area contributed by atoms with E-state index in [0.717, 1.165) is 51.1 Å². The Hall–Kier alpha value is -2.47. The van der Waals surface area contributed by atoms with Crippen molar-refractivity contribution >= 4 is 12.0 Å². The van der Waals surface area contributed by atoms with Crippen molar-refractivity contribution in [1.29, 1.82) is 0 Å². The molecule has 1 amide bonds. The summed E-state index contributed by atoms with van der Waals surface area (Å²) >= 11 is 0. The van der Waals surface area contributed by atoms with Crippen molar-refractivity contribution in [2.24, 2.45) is 0 Å². The second kappa shape index (κ2) is 10.7. The number of rotatable bonds is 6. The van der Waals surface area contributed by atoms with Gasteiger partial charge in [-0.2, -0.15) is 0 Å². The first kappa shape index (κ1) is 21.8. The smallest absolute Gasteiger partial charge is 0.246 e. The third kappa shape index (κ3) is 6.03. The molecule has 2 aromatic carbocycles. The van der Waals surface area contributed by atoms with E-state index in [1.165, 1.54) is 5.56 Å². The minimum Gasteiger partial charge on any atom is -0.390 e. The van der Waals surface area contributed by atoms with E-state index in [0.29, 0.717) is 13.1 Å². The van der Waals surface area contributed by atoms with Gasteiger partial charge in [0.2, 0.25) is 5.91 Å². The SMILES string of the molecule is O=C(/C=C/c1ccccc1)N1CC[C@@H](N2CCN(CCc3ccccc3)CC2)[C@H](O)C1. The number of benzene rings is 2. The summed E-state index contributed by atoms with van der Waals surface area (Å²) in [4.78, 5) is 19.3. The molecule has 2 heterocycles. The number of hydrogen-bond donors (Lipinski definition) is 1. The summed E-state index contributed by atoms with van der Waals surface area (Å²) in [6.07, 6.45) is 4.89. The van der Waals surface area contributed by atoms with Crippen molar-refractivity contribution in [3.63, 3.8) is 0 Å². The van der Waals surface area contributed by atoms with Crippen LogP contribution in [0.25, 0.3) is 6.08 Å². The van der Waals surface area contributed by atoms with Crippen molar-refractivity contribution in [2.75, 3.05) is 45.8 Å². The van der Waals surface area contributed by atoms with Crippen LogP contribution in [-0.2, 0) is 11.2 Å². The van der Waals surface area contributed by atoms with Crippen molar-refractivity contribution < 1.29 is 9.90 Å². The molecule has 31 heavy (non-hydrogen) atoms. The second-order valence-electron chi connectivity index (χ2n) is 8.56. The van der Waals surface area contributed by atoms with Crippen LogP contribution in [-0.4, -0.2) is 83.7 Å². The summed E-state index contributed by atoms with van der Waals surface area (Å²) in [6.45, 7) is 6.25. The third-order valence-corrected chi connectivity index (χ3v) is 6.51. The Labute approximate surface area is 185 Å². The summed E-state index contributed by atoms with van der Waals surface area (Å²) in [5.74, 6) is -0.0212. The van der Waals surface area contributed by atoms with Crippen LogP contribution in [0.1, 0.15) is 17.5 Å². The van der Waals surface area contributed by atoms with Crippen LogP contribution in [0.5, 0.6) is 0 Å². The molecule has 0 aromatic heterocycles. The van der Waals surface area contributed by atoms with Crippen molar-refractivity contribution in [2.45, 2.75) is 25.0 Å². The van der Waals surface area contributed by atoms with E-state index >= 15 is 0 Å². The van der Waals surface area contributed by atoms with Crippen LogP contribution < -0.4 is 0 Å². The van der Waals surface area contributed by atoms with Gasteiger partial charge in [0.25, 0.3) is 0 Å². The highest BCUT2D eigenvalue weighted by Crippen LogP contribution is 2.20. The lowest BCUT2D eigenvalue weighted by Gasteiger charge is -2.45. The summed E-state index contributed by atoms with van der Waals surface area (Å²) in [7, 11) is 0. The Balaban J connectivity index is 1.21. The highest BCUT2D eigenvalue weighted by atomic mass is 16.3. The normalized spacial score (nSPS) is 23.3. The van der Waals surface area contributed by atoms with Gasteiger partial charge in [0.1, 0.15) is 0 Å². The molecule has 0 unspecified atom stereocenters. The van der Waals surface area contributed by atoms with E-state index in [1.54, 1.807) is 11.0 Å². The van der Waals surface area contributed by atoms with Crippen molar-refractivity contribution in [3.8, 4) is 0 Å². The molecule has 2 aliphatic rings. The van der Waals surface area contributed by atoms with Gasteiger partial charge in [-0.3, -0.25) is 9.69 Å². The molecular formula is C26H33N3O2. The van der Waals surface area contributed by atoms with Crippen molar-refractivity contribution in [1.82, 2.24) is 14.7 Å². The number of carbonyl (C=O) groups is 1. The maximum Gasteiger partial charge on any atom is 0.246 e. The average molecular weight is 420 g/mol. The van der Waals surface area contributed by atoms with Crippen LogP contribution in [0.4, 0.5) is 0 Å². The van der Waals surface area contributed by atoms with Gasteiger partial charge in [-0.05, 0) is 30.0 Å². The van der Waals surface area contributed by atoms with Gasteiger partial charge in [-0.25, -0.2) is 0 Å². The molecule has 5 heteroatoms. The zero-order valence-electron chi connectivity index (χ0n) is 18.1. The van der Waals surface area contributed by atoms with E-state index in [-0.39, 0.29) is 11.9 Å². The minimum absolute atomic E-state index is 0.0212. The lowest BCUT2D eigenvalue weighted by molar-refractivity contribution is -0.131. The van der Waals surface area contributed by atoms with Crippen LogP contribution in [0, 0.1) is 0 Å². The fourth-order valence-corrected chi connectivity index (χ4v) is 4.63. The van der Waals surface area contributed by atoms with Crippen molar-refractivity contribution in [3.05, 3.63) is 77.9 Å². The molecule has 2 saturated heterocycles. The van der Waals surface area contributed by atoms with Gasteiger partial charge < -0.3 is 14.9 Å². The number of piperidine rings is 1. The van der Waals surface area contributed by atoms with Gasteiger partial charge in [0.05, 0.1) is 6.10 Å². The van der Waals surface area contributed by atoms with E-state index in [9.17, 15) is 9.90 Å². The first-order valence-corrected chi connectivity index (χ1v) is 11.4. The summed E-state index contributed by atoms with van der Waals surface area (Å²) in [5.41, 5.74) is 2.40. The molecule has 1 N–H and O–H groups in total. The number of likely N-dealkylation sites (tertiary alicyclic amines) is 1. The first-order chi connectivity index (χ1) is 15.2. The Bertz CT molecular complexity index is 847. The molecule has 164 valence electrons. The molecule has 4 rings (SSSR count). The maximum absolute atomic E-state index is 12.5. The summed E-state index contributed by atoms with van der Waals surface area (Å²) in [5, 5.41) is 10.8. The number of aliphatic hydroxyl groups excluding tert-OH is 1. The molecule has 0 bridgehead atoms. The molecule has 0 saturated carbocycles. The molecular weight excluding hydrogens is 386 g/mol. The van der Waals surface area contributed by atoms with Crippen LogP contribution in [0.15, 0.2) is 66.7 Å². The molecule has 5 nitrogen and oxygen atoms in total. The van der Waals surface area contributed by atoms with E-state index in [2.05, 4.69) is 40.1 Å². The number of β-amino-alcohol motifs (C(OH)–C–C–N with tert-alkyl or cyclic N) is 1. The fraction of sp³-hybridized carbons (Fsp3) is 0.423. The topological polar surface area (TPSA) is 47.0 Å². The molecule has 0 aliphatic carbocycles. The minimum atomic E-state index is -0.487. The van der Waals surface area contributed by atoms with E-state index in [4.69, 9.17) is 0 Å². The Kier molecular flexibility index (Phi) is 7.52. The number of amides is 1. The largest absolute Gasteiger partial charge is 0.390 e.